The van der Waals surface area contributed by atoms with Crippen LogP contribution in [0.5, 0.6) is 0 Å². The van der Waals surface area contributed by atoms with Gasteiger partial charge in [-0.2, -0.15) is 4.39 Å². The predicted octanol–water partition coefficient (Wildman–Crippen LogP) is 2.50. The number of benzene rings is 1. The van der Waals surface area contributed by atoms with Gasteiger partial charge in [-0.05, 0) is 23.7 Å². The summed E-state index contributed by atoms with van der Waals surface area (Å²) in [5.41, 5.74) is -1.07. The fraction of sp³-hybridized carbons (Fsp3) is 0. The minimum atomic E-state index is -1.03. The van der Waals surface area contributed by atoms with Crippen molar-refractivity contribution in [3.05, 3.63) is 34.1 Å². The first-order valence-corrected chi connectivity index (χ1v) is 3.79. The van der Waals surface area contributed by atoms with Crippen LogP contribution in [0.15, 0.2) is 18.2 Å². The van der Waals surface area contributed by atoms with E-state index in [9.17, 15) is 19.3 Å². The molecule has 0 radical (unpaired) electrons. The second kappa shape index (κ2) is 4.01. The Balaban J connectivity index is 3.21. The average Bonchev–Trinajstić information content (AvgIpc) is 2.01. The van der Waals surface area contributed by atoms with Crippen molar-refractivity contribution in [2.45, 2.75) is 0 Å². The highest BCUT2D eigenvalue weighted by molar-refractivity contribution is 6.65. The van der Waals surface area contributed by atoms with E-state index in [0.29, 0.717) is 0 Å². The Bertz CT molecular complexity index is 397. The van der Waals surface area contributed by atoms with Gasteiger partial charge in [0.1, 0.15) is 5.69 Å². The van der Waals surface area contributed by atoms with E-state index in [-0.39, 0.29) is 5.69 Å². The maximum absolute atomic E-state index is 12.9. The van der Waals surface area contributed by atoms with E-state index in [2.05, 4.69) is 0 Å². The van der Waals surface area contributed by atoms with Gasteiger partial charge in [0.15, 0.2) is 0 Å². The van der Waals surface area contributed by atoms with E-state index in [1.54, 1.807) is 0 Å². The van der Waals surface area contributed by atoms with Crippen LogP contribution >= 0.6 is 11.6 Å². The summed E-state index contributed by atoms with van der Waals surface area (Å²) < 4.78 is 12.9. The molecule has 0 saturated heterocycles. The molecule has 0 saturated carbocycles. The number of hydrogen-bond acceptors (Lipinski definition) is 3. The van der Waals surface area contributed by atoms with E-state index < -0.39 is 21.8 Å². The predicted molar refractivity (Wildman–Crippen MR) is 47.9 cm³/mol. The van der Waals surface area contributed by atoms with Crippen molar-refractivity contribution in [3.63, 3.8) is 0 Å². The van der Waals surface area contributed by atoms with E-state index in [4.69, 9.17) is 11.6 Å². The van der Waals surface area contributed by atoms with Crippen LogP contribution in [0.3, 0.4) is 0 Å². The summed E-state index contributed by atoms with van der Waals surface area (Å²) in [7, 11) is 0. The number of nitro groups is 1. The van der Waals surface area contributed by atoms with Gasteiger partial charge in [0.05, 0.1) is 4.92 Å². The van der Waals surface area contributed by atoms with E-state index >= 15 is 0 Å². The minimum Gasteiger partial charge on any atom is -0.306 e. The van der Waals surface area contributed by atoms with Crippen LogP contribution in [-0.4, -0.2) is 10.3 Å². The standard InChI is InChI=1S/C7H4ClFN2O3/c8-7(12)10-5-3-1-2-4(9)6(5)11(13)14/h1-3H,(H,10,12). The van der Waals surface area contributed by atoms with Crippen LogP contribution in [0.1, 0.15) is 0 Å². The lowest BCUT2D eigenvalue weighted by atomic mass is 10.2. The molecule has 1 aromatic carbocycles. The van der Waals surface area contributed by atoms with Gasteiger partial charge in [-0.15, -0.1) is 0 Å². The molecule has 0 bridgehead atoms. The maximum Gasteiger partial charge on any atom is 0.328 e. The molecule has 0 spiro atoms. The van der Waals surface area contributed by atoms with Crippen molar-refractivity contribution in [1.29, 1.82) is 0 Å². The van der Waals surface area contributed by atoms with Crippen molar-refractivity contribution in [3.8, 4) is 0 Å². The first-order valence-electron chi connectivity index (χ1n) is 3.41. The zero-order valence-corrected chi connectivity index (χ0v) is 7.42. The van der Waals surface area contributed by atoms with Crippen LogP contribution in [0.4, 0.5) is 20.6 Å². The van der Waals surface area contributed by atoms with E-state index in [0.717, 1.165) is 6.07 Å². The molecule has 0 unspecified atom stereocenters. The molecule has 0 atom stereocenters. The second-order valence-electron chi connectivity index (χ2n) is 2.29. The van der Waals surface area contributed by atoms with E-state index in [1.165, 1.54) is 12.1 Å². The maximum atomic E-state index is 12.9. The van der Waals surface area contributed by atoms with Gasteiger partial charge in [-0.25, -0.2) is 0 Å². The SMILES string of the molecule is O=C(Cl)Nc1cccc(F)c1[N+](=O)[O-]. The summed E-state index contributed by atoms with van der Waals surface area (Å²) in [5, 5.41) is 11.3. The molecule has 0 heterocycles. The summed E-state index contributed by atoms with van der Waals surface area (Å²) in [6.45, 7) is 0. The molecule has 1 amide bonds. The zero-order valence-electron chi connectivity index (χ0n) is 6.66. The molecule has 1 aromatic rings. The number of hydrogen-bond donors (Lipinski definition) is 1. The molecule has 1 rings (SSSR count). The third kappa shape index (κ3) is 2.17. The van der Waals surface area contributed by atoms with Crippen molar-refractivity contribution < 1.29 is 14.1 Å². The number of amides is 1. The molecule has 7 heteroatoms. The first kappa shape index (κ1) is 10.4. The number of halogens is 2. The lowest BCUT2D eigenvalue weighted by Gasteiger charge is -2.01. The van der Waals surface area contributed by atoms with Gasteiger partial charge in [0.2, 0.25) is 5.82 Å². The summed E-state index contributed by atoms with van der Waals surface area (Å²) in [6.07, 6.45) is 0. The molecule has 1 N–H and O–H groups in total. The molecule has 0 aromatic heterocycles. The largest absolute Gasteiger partial charge is 0.328 e. The number of nitrogens with one attached hydrogen (secondary N) is 1. The van der Waals surface area contributed by atoms with Crippen molar-refractivity contribution >= 4 is 28.3 Å². The fourth-order valence-electron chi connectivity index (χ4n) is 0.908. The Hall–Kier alpha value is -1.69. The topological polar surface area (TPSA) is 72.2 Å². The fourth-order valence-corrected chi connectivity index (χ4v) is 1.01. The van der Waals surface area contributed by atoms with Crippen LogP contribution in [0.2, 0.25) is 0 Å². The Morgan fingerprint density at radius 1 is 1.57 bits per heavy atom. The quantitative estimate of drug-likeness (QED) is 0.359. The number of nitro benzene ring substituents is 1. The number of anilines is 1. The number of nitrogens with zero attached hydrogens (tertiary/aromatic N) is 1. The van der Waals surface area contributed by atoms with Crippen molar-refractivity contribution in [1.82, 2.24) is 0 Å². The number of carbonyl (C=O) groups is 1. The second-order valence-corrected chi connectivity index (χ2v) is 2.64. The van der Waals surface area contributed by atoms with Gasteiger partial charge in [0.25, 0.3) is 0 Å². The molecular formula is C7H4ClFN2O3. The van der Waals surface area contributed by atoms with Gasteiger partial charge in [0, 0.05) is 0 Å². The van der Waals surface area contributed by atoms with Crippen molar-refractivity contribution in [2.75, 3.05) is 5.32 Å². The highest BCUT2D eigenvalue weighted by atomic mass is 35.5. The van der Waals surface area contributed by atoms with Crippen LogP contribution in [0, 0.1) is 15.9 Å². The molecule has 0 aliphatic rings. The van der Waals surface area contributed by atoms with E-state index in [1.807, 2.05) is 5.32 Å². The van der Waals surface area contributed by atoms with Gasteiger partial charge < -0.3 is 5.32 Å². The summed E-state index contributed by atoms with van der Waals surface area (Å²) in [5.74, 6) is -1.03. The van der Waals surface area contributed by atoms with Crippen LogP contribution in [0.25, 0.3) is 0 Å². The molecule has 0 aliphatic carbocycles. The van der Waals surface area contributed by atoms with Crippen LogP contribution in [-0.2, 0) is 0 Å². The lowest BCUT2D eigenvalue weighted by molar-refractivity contribution is -0.386. The number of para-hydroxylation sites is 1. The Kier molecular flexibility index (Phi) is 2.98. The smallest absolute Gasteiger partial charge is 0.306 e. The number of carbonyl (C=O) groups excluding carboxylic acids is 1. The third-order valence-corrected chi connectivity index (χ3v) is 1.50. The highest BCUT2D eigenvalue weighted by Gasteiger charge is 2.20. The molecular weight excluding hydrogens is 215 g/mol. The van der Waals surface area contributed by atoms with Crippen LogP contribution < -0.4 is 5.32 Å². The first-order chi connectivity index (χ1) is 6.52. The Morgan fingerprint density at radius 2 is 2.21 bits per heavy atom. The van der Waals surface area contributed by atoms with Gasteiger partial charge in [-0.3, -0.25) is 14.9 Å². The molecule has 5 nitrogen and oxygen atoms in total. The normalized spacial score (nSPS) is 9.57. The summed E-state index contributed by atoms with van der Waals surface area (Å²) in [4.78, 5) is 19.9. The summed E-state index contributed by atoms with van der Waals surface area (Å²) in [6, 6.07) is 3.33. The highest BCUT2D eigenvalue weighted by Crippen LogP contribution is 2.27. The van der Waals surface area contributed by atoms with Gasteiger partial charge >= 0.3 is 11.1 Å². The molecule has 0 fully saturated rings. The molecule has 0 aliphatic heterocycles. The average molecular weight is 219 g/mol. The van der Waals surface area contributed by atoms with Gasteiger partial charge in [-0.1, -0.05) is 6.07 Å². The Labute approximate surface area is 82.6 Å². The lowest BCUT2D eigenvalue weighted by Crippen LogP contribution is -2.05. The Morgan fingerprint density at radius 3 is 2.71 bits per heavy atom. The summed E-state index contributed by atoms with van der Waals surface area (Å²) >= 11 is 4.95. The number of rotatable bonds is 2. The zero-order chi connectivity index (χ0) is 10.7. The van der Waals surface area contributed by atoms with Crippen molar-refractivity contribution in [2.24, 2.45) is 0 Å². The third-order valence-electron chi connectivity index (χ3n) is 1.40. The monoisotopic (exact) mass is 218 g/mol. The molecule has 74 valence electrons. The minimum absolute atomic E-state index is 0.269. The molecule has 14 heavy (non-hydrogen) atoms.